The Hall–Kier alpha value is 0.960. The zero-order chi connectivity index (χ0) is 14.2. The molecule has 1 nitrogen and oxygen atoms in total. The van der Waals surface area contributed by atoms with Crippen molar-refractivity contribution in [3.05, 3.63) is 0 Å². The van der Waals surface area contributed by atoms with Crippen molar-refractivity contribution in [1.29, 1.82) is 0 Å². The molecule has 0 heterocycles. The van der Waals surface area contributed by atoms with E-state index in [0.717, 1.165) is 12.3 Å². The molecule has 20 heavy (non-hydrogen) atoms. The van der Waals surface area contributed by atoms with Gasteiger partial charge in [-0.2, -0.15) is 0 Å². The van der Waals surface area contributed by atoms with E-state index in [0.29, 0.717) is 6.61 Å². The monoisotopic (exact) mass is 294 g/mol. The van der Waals surface area contributed by atoms with Crippen molar-refractivity contribution in [1.82, 2.24) is 0 Å². The second-order valence-corrected chi connectivity index (χ2v) is 6.50. The van der Waals surface area contributed by atoms with E-state index in [4.69, 9.17) is 5.11 Å². The molecule has 2 heteroatoms. The van der Waals surface area contributed by atoms with Crippen molar-refractivity contribution in [3.63, 3.8) is 0 Å². The summed E-state index contributed by atoms with van der Waals surface area (Å²) in [6, 6.07) is 0. The first kappa shape index (κ1) is 23.2. The molecule has 118 valence electrons. The van der Waals surface area contributed by atoms with E-state index in [-0.39, 0.29) is 29.6 Å². The van der Waals surface area contributed by atoms with Gasteiger partial charge in [0.1, 0.15) is 0 Å². The average molecular weight is 294 g/mol. The van der Waals surface area contributed by atoms with E-state index in [1.807, 2.05) is 0 Å². The summed E-state index contributed by atoms with van der Waals surface area (Å²) < 4.78 is 0. The summed E-state index contributed by atoms with van der Waals surface area (Å²) in [5.74, 6) is 0.886. The molecule has 0 aliphatic rings. The third-order valence-corrected chi connectivity index (χ3v) is 3.94. The number of unbranched alkanes of at least 4 members (excludes halogenated alkanes) is 12. The van der Waals surface area contributed by atoms with Gasteiger partial charge in [0.25, 0.3) is 0 Å². The van der Waals surface area contributed by atoms with Gasteiger partial charge >= 0.3 is 29.6 Å². The van der Waals surface area contributed by atoms with E-state index < -0.39 is 0 Å². The predicted molar refractivity (Wildman–Crippen MR) is 93.7 cm³/mol. The molecule has 0 saturated heterocycles. The summed E-state index contributed by atoms with van der Waals surface area (Å²) in [6.07, 6.45) is 19.3. The quantitative estimate of drug-likeness (QED) is 0.314. The Bertz CT molecular complexity index is 159. The molecule has 0 aliphatic heterocycles. The molecule has 0 rings (SSSR count). The Kier molecular flexibility index (Phi) is 23.2. The van der Waals surface area contributed by atoms with Gasteiger partial charge in [-0.1, -0.05) is 97.3 Å². The van der Waals surface area contributed by atoms with Crippen LogP contribution >= 0.6 is 0 Å². The zero-order valence-electron chi connectivity index (χ0n) is 13.6. The fourth-order valence-electron chi connectivity index (χ4n) is 2.61. The van der Waals surface area contributed by atoms with Crippen LogP contribution in [-0.4, -0.2) is 41.3 Å². The van der Waals surface area contributed by atoms with Crippen LogP contribution in [0.1, 0.15) is 104 Å². The molecule has 0 aromatic rings. The van der Waals surface area contributed by atoms with E-state index >= 15 is 0 Å². The van der Waals surface area contributed by atoms with Gasteiger partial charge in [0.05, 0.1) is 0 Å². The topological polar surface area (TPSA) is 20.2 Å². The molecule has 0 atom stereocenters. The second-order valence-electron chi connectivity index (χ2n) is 6.50. The minimum absolute atomic E-state index is 0. The van der Waals surface area contributed by atoms with E-state index in [1.165, 1.54) is 83.5 Å². The van der Waals surface area contributed by atoms with Crippen LogP contribution < -0.4 is 0 Å². The molecular formula is C18H39NaO. The molecule has 1 N–H and O–H groups in total. The molecule has 0 fully saturated rings. The van der Waals surface area contributed by atoms with Gasteiger partial charge in [0.2, 0.25) is 0 Å². The van der Waals surface area contributed by atoms with Crippen LogP contribution in [0.2, 0.25) is 0 Å². The van der Waals surface area contributed by atoms with Crippen molar-refractivity contribution < 1.29 is 5.11 Å². The molecule has 0 spiro atoms. The number of hydrogen-bond donors (Lipinski definition) is 1. The van der Waals surface area contributed by atoms with Crippen molar-refractivity contribution in [2.24, 2.45) is 5.92 Å². The van der Waals surface area contributed by atoms with Gasteiger partial charge in [-0.25, -0.2) is 0 Å². The van der Waals surface area contributed by atoms with Crippen LogP contribution in [0.25, 0.3) is 0 Å². The van der Waals surface area contributed by atoms with Gasteiger partial charge < -0.3 is 5.11 Å². The molecule has 0 unspecified atom stereocenters. The molecule has 0 amide bonds. The third kappa shape index (κ3) is 21.3. The Labute approximate surface area is 150 Å². The maximum atomic E-state index is 8.67. The zero-order valence-corrected chi connectivity index (χ0v) is 13.6. The summed E-state index contributed by atoms with van der Waals surface area (Å²) in [5.41, 5.74) is 0. The normalized spacial score (nSPS) is 10.8. The second kappa shape index (κ2) is 20.0. The fourth-order valence-corrected chi connectivity index (χ4v) is 2.61. The van der Waals surface area contributed by atoms with Gasteiger partial charge in [-0.05, 0) is 12.3 Å². The SMILES string of the molecule is CC(C)CCCCCCCCCCCCCCCO.[NaH]. The average Bonchev–Trinajstić information content (AvgIpc) is 2.39. The van der Waals surface area contributed by atoms with Crippen LogP contribution in [0.5, 0.6) is 0 Å². The van der Waals surface area contributed by atoms with Gasteiger partial charge in [-0.3, -0.25) is 0 Å². The first-order chi connectivity index (χ1) is 9.27. The van der Waals surface area contributed by atoms with Crippen molar-refractivity contribution in [2.75, 3.05) is 6.61 Å². The van der Waals surface area contributed by atoms with E-state index in [1.54, 1.807) is 0 Å². The summed E-state index contributed by atoms with van der Waals surface area (Å²) in [4.78, 5) is 0. The summed E-state index contributed by atoms with van der Waals surface area (Å²) >= 11 is 0. The fraction of sp³-hybridized carbons (Fsp3) is 1.00. The first-order valence-electron chi connectivity index (χ1n) is 8.88. The Morgan fingerprint density at radius 1 is 0.550 bits per heavy atom. The van der Waals surface area contributed by atoms with E-state index in [2.05, 4.69) is 13.8 Å². The van der Waals surface area contributed by atoms with Crippen LogP contribution in [0.15, 0.2) is 0 Å². The molecule has 0 aliphatic carbocycles. The Morgan fingerprint density at radius 3 is 1.15 bits per heavy atom. The summed E-state index contributed by atoms with van der Waals surface area (Å²) in [7, 11) is 0. The number of hydrogen-bond acceptors (Lipinski definition) is 1. The molecule has 0 aromatic carbocycles. The van der Waals surface area contributed by atoms with Gasteiger partial charge in [0.15, 0.2) is 0 Å². The van der Waals surface area contributed by atoms with Crippen LogP contribution in [0, 0.1) is 5.92 Å². The van der Waals surface area contributed by atoms with Crippen LogP contribution in [0.4, 0.5) is 0 Å². The Balaban J connectivity index is 0. The van der Waals surface area contributed by atoms with Crippen molar-refractivity contribution in [2.45, 2.75) is 104 Å². The number of rotatable bonds is 15. The Morgan fingerprint density at radius 2 is 0.850 bits per heavy atom. The first-order valence-corrected chi connectivity index (χ1v) is 8.88. The molecular weight excluding hydrogens is 255 g/mol. The minimum atomic E-state index is 0. The maximum absolute atomic E-state index is 8.67. The molecule has 0 bridgehead atoms. The number of aliphatic hydroxyl groups is 1. The standard InChI is InChI=1S/C18H38O.Na.H/c1-18(2)16-14-12-10-8-6-4-3-5-7-9-11-13-15-17-19;;/h18-19H,3-17H2,1-2H3;;. The van der Waals surface area contributed by atoms with Gasteiger partial charge in [0, 0.05) is 6.61 Å². The summed E-state index contributed by atoms with van der Waals surface area (Å²) in [5, 5.41) is 8.67. The third-order valence-electron chi connectivity index (χ3n) is 3.94. The molecule has 0 saturated carbocycles. The van der Waals surface area contributed by atoms with Crippen molar-refractivity contribution >= 4 is 29.6 Å². The molecule has 0 aromatic heterocycles. The van der Waals surface area contributed by atoms with Crippen molar-refractivity contribution in [3.8, 4) is 0 Å². The van der Waals surface area contributed by atoms with Gasteiger partial charge in [-0.15, -0.1) is 0 Å². The summed E-state index contributed by atoms with van der Waals surface area (Å²) in [6.45, 7) is 5.02. The predicted octanol–water partition coefficient (Wildman–Crippen LogP) is 5.45. The van der Waals surface area contributed by atoms with Crippen LogP contribution in [0.3, 0.4) is 0 Å². The number of aliphatic hydroxyl groups excluding tert-OH is 1. The molecule has 0 radical (unpaired) electrons. The van der Waals surface area contributed by atoms with E-state index in [9.17, 15) is 0 Å². The van der Waals surface area contributed by atoms with Crippen LogP contribution in [-0.2, 0) is 0 Å².